The summed E-state index contributed by atoms with van der Waals surface area (Å²) in [5.41, 5.74) is 1.00. The van der Waals surface area contributed by atoms with Gasteiger partial charge in [-0.15, -0.1) is 0 Å². The van der Waals surface area contributed by atoms with Crippen molar-refractivity contribution < 1.29 is 14.3 Å². The molecular formula is C14H11BrFNO2. The van der Waals surface area contributed by atoms with Crippen molar-refractivity contribution in [3.8, 4) is 0 Å². The molecule has 19 heavy (non-hydrogen) atoms. The topological polar surface area (TPSA) is 49.3 Å². The third-order valence-corrected chi connectivity index (χ3v) is 3.10. The lowest BCUT2D eigenvalue weighted by molar-refractivity contribution is 0.102. The van der Waals surface area contributed by atoms with Crippen LogP contribution in [0.3, 0.4) is 0 Å². The Labute approximate surface area is 118 Å². The maximum absolute atomic E-state index is 13.6. The summed E-state index contributed by atoms with van der Waals surface area (Å²) >= 11 is 3.13. The Balaban J connectivity index is 2.26. The molecule has 0 unspecified atom stereocenters. The Hall–Kier alpha value is -1.72. The highest BCUT2D eigenvalue weighted by molar-refractivity contribution is 9.10. The number of anilines is 1. The van der Waals surface area contributed by atoms with Gasteiger partial charge >= 0.3 is 0 Å². The SMILES string of the molecule is O=C(Nc1ccccc1CO)c1ccc(Br)cc1F. The molecule has 1 amide bonds. The van der Waals surface area contributed by atoms with Crippen LogP contribution in [0.1, 0.15) is 15.9 Å². The summed E-state index contributed by atoms with van der Waals surface area (Å²) < 4.78 is 14.2. The molecule has 5 heteroatoms. The van der Waals surface area contributed by atoms with Gasteiger partial charge in [0.15, 0.2) is 0 Å². The molecule has 0 saturated carbocycles. The number of hydrogen-bond acceptors (Lipinski definition) is 2. The van der Waals surface area contributed by atoms with E-state index in [0.29, 0.717) is 15.7 Å². The molecule has 3 nitrogen and oxygen atoms in total. The summed E-state index contributed by atoms with van der Waals surface area (Å²) in [6.45, 7) is -0.195. The van der Waals surface area contributed by atoms with E-state index in [2.05, 4.69) is 21.2 Å². The quantitative estimate of drug-likeness (QED) is 0.910. The number of para-hydroxylation sites is 1. The molecular weight excluding hydrogens is 313 g/mol. The second-order valence-electron chi connectivity index (χ2n) is 3.89. The summed E-state index contributed by atoms with van der Waals surface area (Å²) in [5, 5.41) is 11.7. The molecule has 2 aromatic rings. The van der Waals surface area contributed by atoms with Gasteiger partial charge in [0.25, 0.3) is 5.91 Å². The summed E-state index contributed by atoms with van der Waals surface area (Å²) in [4.78, 5) is 12.0. The van der Waals surface area contributed by atoms with Gasteiger partial charge in [-0.3, -0.25) is 4.79 Å². The molecule has 0 aliphatic carbocycles. The largest absolute Gasteiger partial charge is 0.392 e. The Morgan fingerprint density at radius 3 is 2.68 bits per heavy atom. The molecule has 0 fully saturated rings. The Morgan fingerprint density at radius 2 is 2.00 bits per heavy atom. The van der Waals surface area contributed by atoms with Crippen LogP contribution < -0.4 is 5.32 Å². The van der Waals surface area contributed by atoms with Crippen molar-refractivity contribution in [2.24, 2.45) is 0 Å². The third kappa shape index (κ3) is 3.19. The van der Waals surface area contributed by atoms with Crippen molar-refractivity contribution in [2.45, 2.75) is 6.61 Å². The number of carbonyl (C=O) groups is 1. The molecule has 2 rings (SSSR count). The Morgan fingerprint density at radius 1 is 1.26 bits per heavy atom. The first kappa shape index (κ1) is 13.7. The van der Waals surface area contributed by atoms with Gasteiger partial charge in [-0.25, -0.2) is 4.39 Å². The molecule has 0 radical (unpaired) electrons. The van der Waals surface area contributed by atoms with E-state index in [1.54, 1.807) is 30.3 Å². The maximum Gasteiger partial charge on any atom is 0.258 e. The molecule has 0 aliphatic rings. The maximum atomic E-state index is 13.6. The lowest BCUT2D eigenvalue weighted by Gasteiger charge is -2.09. The second kappa shape index (κ2) is 5.95. The zero-order chi connectivity index (χ0) is 13.8. The molecule has 0 atom stereocenters. The molecule has 0 saturated heterocycles. The highest BCUT2D eigenvalue weighted by Crippen LogP contribution is 2.19. The normalized spacial score (nSPS) is 10.3. The average molecular weight is 324 g/mol. The predicted octanol–water partition coefficient (Wildman–Crippen LogP) is 3.33. The van der Waals surface area contributed by atoms with Gasteiger partial charge in [0.2, 0.25) is 0 Å². The average Bonchev–Trinajstić information content (AvgIpc) is 2.39. The first-order valence-electron chi connectivity index (χ1n) is 5.57. The molecule has 0 aliphatic heterocycles. The van der Waals surface area contributed by atoms with Crippen LogP contribution in [-0.4, -0.2) is 11.0 Å². The van der Waals surface area contributed by atoms with Gasteiger partial charge < -0.3 is 10.4 Å². The van der Waals surface area contributed by atoms with Crippen molar-refractivity contribution in [1.82, 2.24) is 0 Å². The second-order valence-corrected chi connectivity index (χ2v) is 4.81. The van der Waals surface area contributed by atoms with Crippen molar-refractivity contribution in [3.63, 3.8) is 0 Å². The van der Waals surface area contributed by atoms with Crippen LogP contribution in [0.15, 0.2) is 46.9 Å². The van der Waals surface area contributed by atoms with E-state index in [-0.39, 0.29) is 12.2 Å². The van der Waals surface area contributed by atoms with E-state index in [1.807, 2.05) is 0 Å². The minimum absolute atomic E-state index is 0.0454. The van der Waals surface area contributed by atoms with Crippen LogP contribution in [0.5, 0.6) is 0 Å². The number of nitrogens with one attached hydrogen (secondary N) is 1. The molecule has 98 valence electrons. The number of aliphatic hydroxyl groups is 1. The Kier molecular flexibility index (Phi) is 4.29. The minimum Gasteiger partial charge on any atom is -0.392 e. The van der Waals surface area contributed by atoms with Crippen molar-refractivity contribution in [2.75, 3.05) is 5.32 Å². The molecule has 0 bridgehead atoms. The lowest BCUT2D eigenvalue weighted by Crippen LogP contribution is -2.15. The lowest BCUT2D eigenvalue weighted by atomic mass is 10.1. The fourth-order valence-electron chi connectivity index (χ4n) is 1.64. The van der Waals surface area contributed by atoms with Gasteiger partial charge in [0, 0.05) is 15.7 Å². The number of aliphatic hydroxyl groups excluding tert-OH is 1. The zero-order valence-corrected chi connectivity index (χ0v) is 11.4. The van der Waals surface area contributed by atoms with Crippen LogP contribution in [0.25, 0.3) is 0 Å². The zero-order valence-electron chi connectivity index (χ0n) is 9.86. The first-order chi connectivity index (χ1) is 9.11. The monoisotopic (exact) mass is 323 g/mol. The van der Waals surface area contributed by atoms with Gasteiger partial charge in [0.1, 0.15) is 5.82 Å². The smallest absolute Gasteiger partial charge is 0.258 e. The molecule has 2 N–H and O–H groups in total. The van der Waals surface area contributed by atoms with E-state index in [1.165, 1.54) is 12.1 Å². The first-order valence-corrected chi connectivity index (χ1v) is 6.36. The van der Waals surface area contributed by atoms with Crippen molar-refractivity contribution in [1.29, 1.82) is 0 Å². The summed E-state index contributed by atoms with van der Waals surface area (Å²) in [6, 6.07) is 11.0. The predicted molar refractivity (Wildman–Crippen MR) is 74.4 cm³/mol. The molecule has 0 heterocycles. The molecule has 0 spiro atoms. The number of benzene rings is 2. The number of halogens is 2. The van der Waals surface area contributed by atoms with Crippen molar-refractivity contribution in [3.05, 3.63) is 63.9 Å². The number of amides is 1. The van der Waals surface area contributed by atoms with Crippen LogP contribution in [-0.2, 0) is 6.61 Å². The van der Waals surface area contributed by atoms with Gasteiger partial charge in [-0.2, -0.15) is 0 Å². The summed E-state index contributed by atoms with van der Waals surface area (Å²) in [7, 11) is 0. The van der Waals surface area contributed by atoms with Crippen LogP contribution in [0.2, 0.25) is 0 Å². The standard InChI is InChI=1S/C14H11BrFNO2/c15-10-5-6-11(12(16)7-10)14(19)17-13-4-2-1-3-9(13)8-18/h1-7,18H,8H2,(H,17,19). The van der Waals surface area contributed by atoms with E-state index in [4.69, 9.17) is 5.11 Å². The Bertz CT molecular complexity index is 616. The highest BCUT2D eigenvalue weighted by Gasteiger charge is 2.13. The number of carbonyl (C=O) groups excluding carboxylic acids is 1. The number of rotatable bonds is 3. The van der Waals surface area contributed by atoms with Gasteiger partial charge in [-0.1, -0.05) is 34.1 Å². The third-order valence-electron chi connectivity index (χ3n) is 2.61. The van der Waals surface area contributed by atoms with Gasteiger partial charge in [0.05, 0.1) is 12.2 Å². The van der Waals surface area contributed by atoms with Crippen LogP contribution in [0, 0.1) is 5.82 Å². The number of hydrogen-bond donors (Lipinski definition) is 2. The van der Waals surface area contributed by atoms with Crippen molar-refractivity contribution >= 4 is 27.5 Å². The van der Waals surface area contributed by atoms with E-state index >= 15 is 0 Å². The van der Waals surface area contributed by atoms with E-state index in [9.17, 15) is 9.18 Å². The minimum atomic E-state index is -0.603. The molecule has 0 aromatic heterocycles. The van der Waals surface area contributed by atoms with E-state index < -0.39 is 11.7 Å². The highest BCUT2D eigenvalue weighted by atomic mass is 79.9. The van der Waals surface area contributed by atoms with E-state index in [0.717, 1.165) is 0 Å². The summed E-state index contributed by atoms with van der Waals surface area (Å²) in [5.74, 6) is -1.15. The van der Waals surface area contributed by atoms with Gasteiger partial charge in [-0.05, 0) is 24.3 Å². The summed E-state index contributed by atoms with van der Waals surface area (Å²) in [6.07, 6.45) is 0. The fourth-order valence-corrected chi connectivity index (χ4v) is 1.98. The fraction of sp³-hybridized carbons (Fsp3) is 0.0714. The molecule has 2 aromatic carbocycles. The van der Waals surface area contributed by atoms with Crippen LogP contribution in [0.4, 0.5) is 10.1 Å². The van der Waals surface area contributed by atoms with Crippen LogP contribution >= 0.6 is 15.9 Å².